The number of nitrogens with one attached hydrogen (secondary N) is 1. The minimum Gasteiger partial charge on any atom is -0.497 e. The van der Waals surface area contributed by atoms with E-state index in [1.807, 2.05) is 43.3 Å². The van der Waals surface area contributed by atoms with E-state index in [0.29, 0.717) is 0 Å². The van der Waals surface area contributed by atoms with Crippen molar-refractivity contribution in [3.8, 4) is 17.2 Å². The molecule has 162 valence electrons. The first kappa shape index (κ1) is 21.9. The van der Waals surface area contributed by atoms with Crippen LogP contribution < -0.4 is 19.5 Å². The second-order valence-corrected chi connectivity index (χ2v) is 7.40. The van der Waals surface area contributed by atoms with Crippen molar-refractivity contribution in [2.24, 2.45) is 0 Å². The minimum absolute atomic E-state index is 0.00315. The number of anilines is 1. The van der Waals surface area contributed by atoms with Crippen molar-refractivity contribution in [3.63, 3.8) is 0 Å². The summed E-state index contributed by atoms with van der Waals surface area (Å²) in [5.41, 5.74) is 1.93. The number of hydrogen-bond acceptors (Lipinski definition) is 6. The third kappa shape index (κ3) is 5.43. The van der Waals surface area contributed by atoms with E-state index >= 15 is 0 Å². The Kier molecular flexibility index (Phi) is 7.54. The van der Waals surface area contributed by atoms with Crippen LogP contribution in [-0.2, 0) is 11.3 Å². The summed E-state index contributed by atoms with van der Waals surface area (Å²) in [5.74, 6) is 2.21. The molecule has 1 N–H and O–H groups in total. The maximum atomic E-state index is 12.7. The summed E-state index contributed by atoms with van der Waals surface area (Å²) in [6, 6.07) is 13.3. The van der Waals surface area contributed by atoms with Gasteiger partial charge in [0.05, 0.1) is 27.4 Å². The lowest BCUT2D eigenvalue weighted by Crippen LogP contribution is -2.52. The van der Waals surface area contributed by atoms with Crippen LogP contribution in [0.4, 0.5) is 5.69 Å². The molecule has 1 atom stereocenters. The van der Waals surface area contributed by atoms with E-state index in [9.17, 15) is 4.79 Å². The van der Waals surface area contributed by atoms with Gasteiger partial charge in [-0.25, -0.2) is 0 Å². The molecule has 2 aromatic carbocycles. The molecule has 7 heteroatoms. The second-order valence-electron chi connectivity index (χ2n) is 7.40. The lowest BCUT2D eigenvalue weighted by Gasteiger charge is -2.37. The SMILES string of the molecule is COc1cccc(NC(=O)[C@H](C)N2CCN(Cc3ccc(OC)c(OC)c3)CC2)c1. The predicted molar refractivity (Wildman–Crippen MR) is 117 cm³/mol. The minimum atomic E-state index is -0.195. The zero-order valence-electron chi connectivity index (χ0n) is 18.2. The zero-order chi connectivity index (χ0) is 21.5. The van der Waals surface area contributed by atoms with Crippen LogP contribution in [0.5, 0.6) is 17.2 Å². The molecule has 1 aliphatic rings. The van der Waals surface area contributed by atoms with Crippen molar-refractivity contribution >= 4 is 11.6 Å². The van der Waals surface area contributed by atoms with Crippen LogP contribution in [0.15, 0.2) is 42.5 Å². The van der Waals surface area contributed by atoms with Crippen molar-refractivity contribution in [2.45, 2.75) is 19.5 Å². The first-order valence-corrected chi connectivity index (χ1v) is 10.2. The highest BCUT2D eigenvalue weighted by Crippen LogP contribution is 2.28. The maximum absolute atomic E-state index is 12.7. The van der Waals surface area contributed by atoms with Gasteiger partial charge in [-0.3, -0.25) is 14.6 Å². The summed E-state index contributed by atoms with van der Waals surface area (Å²) in [6.45, 7) is 6.31. The Morgan fingerprint density at radius 3 is 2.37 bits per heavy atom. The van der Waals surface area contributed by atoms with E-state index in [1.54, 1.807) is 21.3 Å². The quantitative estimate of drug-likeness (QED) is 0.718. The van der Waals surface area contributed by atoms with Crippen molar-refractivity contribution < 1.29 is 19.0 Å². The standard InChI is InChI=1S/C23H31N3O4/c1-17(23(27)24-19-6-5-7-20(15-19)28-2)26-12-10-25(11-13-26)16-18-8-9-21(29-3)22(14-18)30-4/h5-9,14-15,17H,10-13,16H2,1-4H3,(H,24,27)/t17-/m0/s1. The Morgan fingerprint density at radius 1 is 0.967 bits per heavy atom. The number of carbonyl (C=O) groups is 1. The van der Waals surface area contributed by atoms with Gasteiger partial charge in [0, 0.05) is 44.5 Å². The summed E-state index contributed by atoms with van der Waals surface area (Å²) in [6.07, 6.45) is 0. The van der Waals surface area contributed by atoms with Gasteiger partial charge < -0.3 is 19.5 Å². The topological polar surface area (TPSA) is 63.3 Å². The van der Waals surface area contributed by atoms with Gasteiger partial charge in [-0.05, 0) is 36.8 Å². The molecule has 7 nitrogen and oxygen atoms in total. The number of benzene rings is 2. The van der Waals surface area contributed by atoms with Gasteiger partial charge >= 0.3 is 0 Å². The number of amides is 1. The summed E-state index contributed by atoms with van der Waals surface area (Å²) in [7, 11) is 4.91. The van der Waals surface area contributed by atoms with Gasteiger partial charge in [0.1, 0.15) is 5.75 Å². The monoisotopic (exact) mass is 413 g/mol. The fourth-order valence-corrected chi connectivity index (χ4v) is 3.66. The molecule has 0 bridgehead atoms. The molecular formula is C23H31N3O4. The Hall–Kier alpha value is -2.77. The fraction of sp³-hybridized carbons (Fsp3) is 0.435. The third-order valence-corrected chi connectivity index (χ3v) is 5.53. The number of methoxy groups -OCH3 is 3. The van der Waals surface area contributed by atoms with Crippen molar-refractivity contribution in [2.75, 3.05) is 52.8 Å². The molecule has 0 spiro atoms. The zero-order valence-corrected chi connectivity index (χ0v) is 18.2. The molecular weight excluding hydrogens is 382 g/mol. The maximum Gasteiger partial charge on any atom is 0.241 e. The fourth-order valence-electron chi connectivity index (χ4n) is 3.66. The van der Waals surface area contributed by atoms with Crippen LogP contribution >= 0.6 is 0 Å². The van der Waals surface area contributed by atoms with Crippen LogP contribution in [0.1, 0.15) is 12.5 Å². The molecule has 1 amide bonds. The molecule has 0 aliphatic carbocycles. The van der Waals surface area contributed by atoms with Crippen molar-refractivity contribution in [1.82, 2.24) is 9.80 Å². The van der Waals surface area contributed by atoms with Gasteiger partial charge in [0.2, 0.25) is 5.91 Å². The Labute approximate surface area is 178 Å². The summed E-state index contributed by atoms with van der Waals surface area (Å²) in [4.78, 5) is 17.3. The first-order valence-electron chi connectivity index (χ1n) is 10.2. The molecule has 1 fully saturated rings. The van der Waals surface area contributed by atoms with Crippen LogP contribution in [-0.4, -0.2) is 69.3 Å². The van der Waals surface area contributed by atoms with E-state index in [0.717, 1.165) is 55.7 Å². The lowest BCUT2D eigenvalue weighted by molar-refractivity contribution is -0.121. The summed E-state index contributed by atoms with van der Waals surface area (Å²) < 4.78 is 15.9. The molecule has 1 heterocycles. The van der Waals surface area contributed by atoms with Gasteiger partial charge in [0.15, 0.2) is 11.5 Å². The molecule has 3 rings (SSSR count). The number of piperazine rings is 1. The molecule has 0 saturated carbocycles. The van der Waals surface area contributed by atoms with Gasteiger partial charge in [0.25, 0.3) is 0 Å². The van der Waals surface area contributed by atoms with Gasteiger partial charge in [-0.15, -0.1) is 0 Å². The molecule has 30 heavy (non-hydrogen) atoms. The van der Waals surface area contributed by atoms with E-state index in [4.69, 9.17) is 14.2 Å². The Bertz CT molecular complexity index is 850. The normalized spacial score (nSPS) is 16.0. The average molecular weight is 414 g/mol. The first-order chi connectivity index (χ1) is 14.5. The molecule has 0 aromatic heterocycles. The Balaban J connectivity index is 1.51. The largest absolute Gasteiger partial charge is 0.497 e. The molecule has 0 radical (unpaired) electrons. The average Bonchev–Trinajstić information content (AvgIpc) is 2.79. The van der Waals surface area contributed by atoms with E-state index in [1.165, 1.54) is 5.56 Å². The highest BCUT2D eigenvalue weighted by molar-refractivity contribution is 5.94. The second kappa shape index (κ2) is 10.3. The van der Waals surface area contributed by atoms with Crippen molar-refractivity contribution in [1.29, 1.82) is 0 Å². The van der Waals surface area contributed by atoms with Crippen molar-refractivity contribution in [3.05, 3.63) is 48.0 Å². The van der Waals surface area contributed by atoms with Crippen LogP contribution in [0, 0.1) is 0 Å². The molecule has 0 unspecified atom stereocenters. The highest BCUT2D eigenvalue weighted by Gasteiger charge is 2.25. The molecule has 2 aromatic rings. The van der Waals surface area contributed by atoms with Gasteiger partial charge in [-0.2, -0.15) is 0 Å². The van der Waals surface area contributed by atoms with Crippen LogP contribution in [0.2, 0.25) is 0 Å². The van der Waals surface area contributed by atoms with Crippen LogP contribution in [0.3, 0.4) is 0 Å². The third-order valence-electron chi connectivity index (χ3n) is 5.53. The van der Waals surface area contributed by atoms with E-state index in [-0.39, 0.29) is 11.9 Å². The Morgan fingerprint density at radius 2 is 1.70 bits per heavy atom. The molecule has 1 aliphatic heterocycles. The van der Waals surface area contributed by atoms with Gasteiger partial charge in [-0.1, -0.05) is 12.1 Å². The van der Waals surface area contributed by atoms with E-state index in [2.05, 4.69) is 21.2 Å². The predicted octanol–water partition coefficient (Wildman–Crippen LogP) is 2.86. The lowest BCUT2D eigenvalue weighted by atomic mass is 10.1. The van der Waals surface area contributed by atoms with E-state index < -0.39 is 0 Å². The molecule has 1 saturated heterocycles. The van der Waals surface area contributed by atoms with Crippen LogP contribution in [0.25, 0.3) is 0 Å². The summed E-state index contributed by atoms with van der Waals surface area (Å²) >= 11 is 0. The number of ether oxygens (including phenoxy) is 3. The highest BCUT2D eigenvalue weighted by atomic mass is 16.5. The summed E-state index contributed by atoms with van der Waals surface area (Å²) in [5, 5.41) is 2.99. The number of carbonyl (C=O) groups excluding carboxylic acids is 1. The smallest absolute Gasteiger partial charge is 0.241 e. The number of nitrogens with zero attached hydrogens (tertiary/aromatic N) is 2. The number of rotatable bonds is 8. The number of hydrogen-bond donors (Lipinski definition) is 1.